The lowest BCUT2D eigenvalue weighted by Gasteiger charge is -1.97. The molecular weight excluding hydrogens is 166 g/mol. The summed E-state index contributed by atoms with van der Waals surface area (Å²) in [6, 6.07) is 5.36. The minimum atomic E-state index is -0.223. The number of rotatable bonds is 1. The molecule has 0 bridgehead atoms. The average molecular weight is 173 g/mol. The highest BCUT2D eigenvalue weighted by molar-refractivity contribution is 5.55. The zero-order valence-electron chi connectivity index (χ0n) is 6.75. The number of nitrogens with zero attached hydrogens (tertiary/aromatic N) is 3. The van der Waals surface area contributed by atoms with Gasteiger partial charge in [-0.25, -0.2) is 9.97 Å². The van der Waals surface area contributed by atoms with Gasteiger partial charge in [0, 0.05) is 24.2 Å². The summed E-state index contributed by atoms with van der Waals surface area (Å²) in [6.45, 7) is 0. The monoisotopic (exact) mass is 173 g/mol. The lowest BCUT2D eigenvalue weighted by Crippen LogP contribution is -1.85. The van der Waals surface area contributed by atoms with Gasteiger partial charge < -0.3 is 5.11 Å². The number of hydrogen-bond donors (Lipinski definition) is 1. The SMILES string of the molecule is Oc1ncc(-c2ccccn2)cn1. The molecule has 0 saturated carbocycles. The van der Waals surface area contributed by atoms with E-state index in [9.17, 15) is 0 Å². The van der Waals surface area contributed by atoms with Crippen molar-refractivity contribution in [3.8, 4) is 17.3 Å². The van der Waals surface area contributed by atoms with Crippen LogP contribution in [0.4, 0.5) is 0 Å². The topological polar surface area (TPSA) is 58.9 Å². The van der Waals surface area contributed by atoms with E-state index in [1.807, 2.05) is 18.2 Å². The molecule has 0 aromatic carbocycles. The lowest BCUT2D eigenvalue weighted by atomic mass is 10.2. The molecule has 0 unspecified atom stereocenters. The van der Waals surface area contributed by atoms with E-state index in [1.54, 1.807) is 6.20 Å². The van der Waals surface area contributed by atoms with Gasteiger partial charge in [-0.2, -0.15) is 0 Å². The molecule has 0 atom stereocenters. The van der Waals surface area contributed by atoms with Crippen LogP contribution in [0.1, 0.15) is 0 Å². The zero-order chi connectivity index (χ0) is 9.10. The molecular formula is C9H7N3O. The Bertz CT molecular complexity index is 385. The van der Waals surface area contributed by atoms with Crippen LogP contribution in [0.2, 0.25) is 0 Å². The zero-order valence-corrected chi connectivity index (χ0v) is 6.75. The minimum absolute atomic E-state index is 0.223. The smallest absolute Gasteiger partial charge is 0.313 e. The molecule has 0 spiro atoms. The number of pyridine rings is 1. The van der Waals surface area contributed by atoms with E-state index in [0.29, 0.717) is 0 Å². The predicted molar refractivity (Wildman–Crippen MR) is 46.9 cm³/mol. The normalized spacial score (nSPS) is 9.85. The fourth-order valence-electron chi connectivity index (χ4n) is 0.987. The molecule has 0 saturated heterocycles. The molecule has 0 aliphatic rings. The first-order valence-electron chi connectivity index (χ1n) is 3.79. The van der Waals surface area contributed by atoms with Crippen molar-refractivity contribution in [2.45, 2.75) is 0 Å². The van der Waals surface area contributed by atoms with Gasteiger partial charge in [0.05, 0.1) is 5.69 Å². The predicted octanol–water partition coefficient (Wildman–Crippen LogP) is 1.24. The van der Waals surface area contributed by atoms with E-state index in [0.717, 1.165) is 11.3 Å². The van der Waals surface area contributed by atoms with E-state index in [1.165, 1.54) is 12.4 Å². The average Bonchev–Trinajstić information content (AvgIpc) is 2.20. The molecule has 64 valence electrons. The summed E-state index contributed by atoms with van der Waals surface area (Å²) < 4.78 is 0. The third-order valence-corrected chi connectivity index (χ3v) is 1.60. The summed E-state index contributed by atoms with van der Waals surface area (Å²) in [7, 11) is 0. The Morgan fingerprint density at radius 1 is 1.00 bits per heavy atom. The quantitative estimate of drug-likeness (QED) is 0.704. The van der Waals surface area contributed by atoms with Crippen molar-refractivity contribution in [3.63, 3.8) is 0 Å². The molecule has 13 heavy (non-hydrogen) atoms. The first-order valence-corrected chi connectivity index (χ1v) is 3.79. The van der Waals surface area contributed by atoms with Crippen molar-refractivity contribution in [1.82, 2.24) is 15.0 Å². The third-order valence-electron chi connectivity index (χ3n) is 1.60. The molecule has 4 nitrogen and oxygen atoms in total. The first kappa shape index (κ1) is 7.67. The van der Waals surface area contributed by atoms with Crippen LogP contribution in [0.15, 0.2) is 36.8 Å². The maximum Gasteiger partial charge on any atom is 0.313 e. The largest absolute Gasteiger partial charge is 0.479 e. The Kier molecular flexibility index (Phi) is 1.88. The number of aromatic nitrogens is 3. The maximum absolute atomic E-state index is 8.86. The summed E-state index contributed by atoms with van der Waals surface area (Å²) in [5.74, 6) is 0. The number of hydrogen-bond acceptors (Lipinski definition) is 4. The van der Waals surface area contributed by atoms with Gasteiger partial charge in [0.1, 0.15) is 0 Å². The van der Waals surface area contributed by atoms with Crippen molar-refractivity contribution < 1.29 is 5.11 Å². The maximum atomic E-state index is 8.86. The van der Waals surface area contributed by atoms with Crippen LogP contribution in [-0.4, -0.2) is 20.1 Å². The second-order valence-corrected chi connectivity index (χ2v) is 2.49. The van der Waals surface area contributed by atoms with Crippen LogP contribution in [0, 0.1) is 0 Å². The van der Waals surface area contributed by atoms with Gasteiger partial charge in [0.2, 0.25) is 0 Å². The molecule has 1 N–H and O–H groups in total. The summed E-state index contributed by atoms with van der Waals surface area (Å²) in [5, 5.41) is 8.86. The van der Waals surface area contributed by atoms with Gasteiger partial charge in [-0.15, -0.1) is 0 Å². The van der Waals surface area contributed by atoms with E-state index >= 15 is 0 Å². The van der Waals surface area contributed by atoms with E-state index in [2.05, 4.69) is 15.0 Å². The van der Waals surface area contributed by atoms with Gasteiger partial charge >= 0.3 is 6.01 Å². The fourth-order valence-corrected chi connectivity index (χ4v) is 0.987. The molecule has 0 aliphatic heterocycles. The van der Waals surface area contributed by atoms with Crippen LogP contribution >= 0.6 is 0 Å². The molecule has 4 heteroatoms. The van der Waals surface area contributed by atoms with Crippen LogP contribution in [0.5, 0.6) is 6.01 Å². The first-order chi connectivity index (χ1) is 6.36. The second kappa shape index (κ2) is 3.18. The van der Waals surface area contributed by atoms with E-state index in [-0.39, 0.29) is 6.01 Å². The Balaban J connectivity index is 2.42. The Labute approximate surface area is 74.9 Å². The minimum Gasteiger partial charge on any atom is -0.479 e. The highest BCUT2D eigenvalue weighted by Crippen LogP contribution is 2.14. The third kappa shape index (κ3) is 1.61. The van der Waals surface area contributed by atoms with Crippen LogP contribution in [-0.2, 0) is 0 Å². The highest BCUT2D eigenvalue weighted by Gasteiger charge is 1.98. The molecule has 2 aromatic rings. The molecule has 0 aliphatic carbocycles. The molecule has 0 amide bonds. The summed E-state index contributed by atoms with van der Waals surface area (Å²) >= 11 is 0. The van der Waals surface area contributed by atoms with Gasteiger partial charge in [-0.3, -0.25) is 4.98 Å². The Morgan fingerprint density at radius 3 is 2.38 bits per heavy atom. The van der Waals surface area contributed by atoms with Gasteiger partial charge in [0.15, 0.2) is 0 Å². The Morgan fingerprint density at radius 2 is 1.77 bits per heavy atom. The molecule has 2 aromatic heterocycles. The fraction of sp³-hybridized carbons (Fsp3) is 0. The van der Waals surface area contributed by atoms with Gasteiger partial charge in [-0.05, 0) is 12.1 Å². The van der Waals surface area contributed by atoms with Crippen molar-refractivity contribution >= 4 is 0 Å². The van der Waals surface area contributed by atoms with Crippen molar-refractivity contribution in [3.05, 3.63) is 36.8 Å². The Hall–Kier alpha value is -1.97. The van der Waals surface area contributed by atoms with E-state index in [4.69, 9.17) is 5.11 Å². The van der Waals surface area contributed by atoms with E-state index < -0.39 is 0 Å². The summed E-state index contributed by atoms with van der Waals surface area (Å²) in [5.41, 5.74) is 1.58. The molecule has 2 rings (SSSR count). The molecule has 0 fully saturated rings. The summed E-state index contributed by atoms with van der Waals surface area (Å²) in [4.78, 5) is 11.4. The van der Waals surface area contributed by atoms with Crippen LogP contribution in [0.25, 0.3) is 11.3 Å². The standard InChI is InChI=1S/C9H7N3O/c13-9-11-5-7(6-12-9)8-3-1-2-4-10-8/h1-6H,(H,11,12,13). The van der Waals surface area contributed by atoms with Gasteiger partial charge in [-0.1, -0.05) is 6.07 Å². The number of aromatic hydroxyl groups is 1. The van der Waals surface area contributed by atoms with Crippen molar-refractivity contribution in [2.24, 2.45) is 0 Å². The lowest BCUT2D eigenvalue weighted by molar-refractivity contribution is 0.430. The van der Waals surface area contributed by atoms with Crippen molar-refractivity contribution in [2.75, 3.05) is 0 Å². The highest BCUT2D eigenvalue weighted by atomic mass is 16.3. The molecule has 2 heterocycles. The van der Waals surface area contributed by atoms with Crippen LogP contribution < -0.4 is 0 Å². The van der Waals surface area contributed by atoms with Gasteiger partial charge in [0.25, 0.3) is 0 Å². The summed E-state index contributed by atoms with van der Waals surface area (Å²) in [6.07, 6.45) is 4.76. The molecule has 0 radical (unpaired) electrons. The van der Waals surface area contributed by atoms with Crippen molar-refractivity contribution in [1.29, 1.82) is 0 Å². The second-order valence-electron chi connectivity index (χ2n) is 2.49. The van der Waals surface area contributed by atoms with Crippen LogP contribution in [0.3, 0.4) is 0 Å².